The predicted octanol–water partition coefficient (Wildman–Crippen LogP) is 2.57. The van der Waals surface area contributed by atoms with E-state index >= 15 is 0 Å². The number of hydrogen-bond donors (Lipinski definition) is 1. The minimum Gasteiger partial charge on any atom is -0.488 e. The molecule has 0 bridgehead atoms. The molecule has 32 heavy (non-hydrogen) atoms. The van der Waals surface area contributed by atoms with Gasteiger partial charge >= 0.3 is 0 Å². The number of carbonyl (C=O) groups excluding carboxylic acids is 1. The number of halogens is 2. The zero-order valence-corrected chi connectivity index (χ0v) is 18.9. The third-order valence-corrected chi connectivity index (χ3v) is 6.26. The second-order valence-electron chi connectivity index (χ2n) is 8.05. The van der Waals surface area contributed by atoms with Gasteiger partial charge in [0.25, 0.3) is 0 Å². The summed E-state index contributed by atoms with van der Waals surface area (Å²) in [5.74, 6) is 0.894. The van der Waals surface area contributed by atoms with Crippen LogP contribution in [-0.4, -0.2) is 77.8 Å². The molecule has 1 N–H and O–H groups in total. The van der Waals surface area contributed by atoms with Crippen LogP contribution >= 0.6 is 23.2 Å². The zero-order valence-electron chi connectivity index (χ0n) is 17.4. The normalized spacial score (nSPS) is 22.1. The van der Waals surface area contributed by atoms with Gasteiger partial charge < -0.3 is 15.0 Å². The van der Waals surface area contributed by atoms with Gasteiger partial charge in [-0.05, 0) is 36.4 Å². The lowest BCUT2D eigenvalue weighted by molar-refractivity contribution is -0.133. The summed E-state index contributed by atoms with van der Waals surface area (Å²) >= 11 is 12.0. The van der Waals surface area contributed by atoms with Crippen LogP contribution in [0.4, 0.5) is 0 Å². The third kappa shape index (κ3) is 4.71. The van der Waals surface area contributed by atoms with Gasteiger partial charge in [-0.1, -0.05) is 35.3 Å². The Morgan fingerprint density at radius 1 is 1.00 bits per heavy atom. The fourth-order valence-corrected chi connectivity index (χ4v) is 4.33. The standard InChI is InChI=1S/C23H23Cl2N5O2/c24-17-3-1-16(2-4-17)23-21(30-10-9-26-11-22(30)31)14-29(27-23)15-28-12-20(13-28)32-19-7-5-18(25)6-8-19/h1-8,20-21,26H,9-14H2. The fraction of sp³-hybridized carbons (Fsp3) is 0.348. The first-order valence-corrected chi connectivity index (χ1v) is 11.4. The van der Waals surface area contributed by atoms with Gasteiger partial charge in [0.05, 0.1) is 24.8 Å². The first kappa shape index (κ1) is 21.5. The fourth-order valence-electron chi connectivity index (χ4n) is 4.08. The molecular weight excluding hydrogens is 449 g/mol. The Balaban J connectivity index is 1.24. The molecular formula is C23H23Cl2N5O2. The van der Waals surface area contributed by atoms with Crippen molar-refractivity contribution in [1.29, 1.82) is 0 Å². The summed E-state index contributed by atoms with van der Waals surface area (Å²) in [5, 5.41) is 11.1. The van der Waals surface area contributed by atoms with Crippen molar-refractivity contribution in [2.45, 2.75) is 12.1 Å². The third-order valence-electron chi connectivity index (χ3n) is 5.75. The molecule has 2 aromatic carbocycles. The molecule has 0 aromatic heterocycles. The maximum Gasteiger partial charge on any atom is 0.237 e. The number of amides is 1. The topological polar surface area (TPSA) is 60.4 Å². The monoisotopic (exact) mass is 471 g/mol. The molecule has 3 heterocycles. The van der Waals surface area contributed by atoms with Gasteiger partial charge in [0.1, 0.15) is 11.9 Å². The van der Waals surface area contributed by atoms with E-state index in [1.807, 2.05) is 63.3 Å². The molecule has 9 heteroatoms. The Morgan fingerprint density at radius 3 is 2.38 bits per heavy atom. The van der Waals surface area contributed by atoms with E-state index in [4.69, 9.17) is 33.0 Å². The van der Waals surface area contributed by atoms with Crippen molar-refractivity contribution in [3.05, 3.63) is 70.8 Å². The number of benzene rings is 2. The number of carbonyl (C=O) groups is 1. The number of likely N-dealkylation sites (tertiary alicyclic amines) is 1. The first-order chi connectivity index (χ1) is 15.5. The Morgan fingerprint density at radius 2 is 1.69 bits per heavy atom. The van der Waals surface area contributed by atoms with E-state index in [9.17, 15) is 4.79 Å². The molecule has 2 radical (unpaired) electrons. The van der Waals surface area contributed by atoms with Crippen LogP contribution in [0.5, 0.6) is 5.75 Å². The number of rotatable bonds is 6. The molecule has 0 spiro atoms. The van der Waals surface area contributed by atoms with Crippen molar-refractivity contribution in [3.63, 3.8) is 0 Å². The number of hydrazone groups is 1. The lowest BCUT2D eigenvalue weighted by atomic mass is 10.0. The SMILES string of the molecule is O=C1CNCCN1C1CN([C]N2CC(Oc3ccc(Cl)cc3)C2)N=C1c1ccc(Cl)cc1. The predicted molar refractivity (Wildman–Crippen MR) is 124 cm³/mol. The van der Waals surface area contributed by atoms with E-state index in [1.54, 1.807) is 0 Å². The molecule has 1 atom stereocenters. The second kappa shape index (κ2) is 9.27. The van der Waals surface area contributed by atoms with E-state index in [-0.39, 0.29) is 18.1 Å². The van der Waals surface area contributed by atoms with Gasteiger partial charge in [0, 0.05) is 41.8 Å². The van der Waals surface area contributed by atoms with Crippen LogP contribution in [0.25, 0.3) is 0 Å². The largest absolute Gasteiger partial charge is 0.488 e. The summed E-state index contributed by atoms with van der Waals surface area (Å²) in [5.41, 5.74) is 1.82. The molecule has 3 aliphatic heterocycles. The van der Waals surface area contributed by atoms with Crippen LogP contribution in [0.2, 0.25) is 10.0 Å². The van der Waals surface area contributed by atoms with Crippen molar-refractivity contribution >= 4 is 34.8 Å². The quantitative estimate of drug-likeness (QED) is 0.701. The van der Waals surface area contributed by atoms with E-state index in [2.05, 4.69) is 12.0 Å². The van der Waals surface area contributed by atoms with Gasteiger partial charge in [-0.3, -0.25) is 14.7 Å². The van der Waals surface area contributed by atoms with Crippen molar-refractivity contribution in [3.8, 4) is 5.75 Å². The van der Waals surface area contributed by atoms with Gasteiger partial charge in [0.2, 0.25) is 5.91 Å². The van der Waals surface area contributed by atoms with E-state index in [0.717, 1.165) is 36.7 Å². The Bertz CT molecular complexity index is 992. The lowest BCUT2D eigenvalue weighted by Crippen LogP contribution is -2.56. The highest BCUT2D eigenvalue weighted by atomic mass is 35.5. The van der Waals surface area contributed by atoms with Gasteiger partial charge in [-0.2, -0.15) is 5.10 Å². The van der Waals surface area contributed by atoms with Crippen molar-refractivity contribution in [2.75, 3.05) is 39.3 Å². The maximum absolute atomic E-state index is 12.6. The lowest BCUT2D eigenvalue weighted by Gasteiger charge is -2.39. The van der Waals surface area contributed by atoms with Crippen LogP contribution in [0.1, 0.15) is 5.56 Å². The summed E-state index contributed by atoms with van der Waals surface area (Å²) in [6, 6.07) is 14.9. The van der Waals surface area contributed by atoms with Gasteiger partial charge in [0.15, 0.2) is 6.67 Å². The second-order valence-corrected chi connectivity index (χ2v) is 8.93. The molecule has 0 aliphatic carbocycles. The van der Waals surface area contributed by atoms with Crippen LogP contribution in [0, 0.1) is 6.67 Å². The molecule has 0 saturated carbocycles. The molecule has 2 aromatic rings. The Labute approximate surface area is 197 Å². The van der Waals surface area contributed by atoms with Crippen LogP contribution in [0.3, 0.4) is 0 Å². The van der Waals surface area contributed by atoms with E-state index in [0.29, 0.717) is 29.7 Å². The summed E-state index contributed by atoms with van der Waals surface area (Å²) in [4.78, 5) is 16.5. The molecule has 1 unspecified atom stereocenters. The zero-order chi connectivity index (χ0) is 22.1. The minimum atomic E-state index is -0.124. The summed E-state index contributed by atoms with van der Waals surface area (Å²) in [6.45, 7) is 7.14. The van der Waals surface area contributed by atoms with Gasteiger partial charge in [-0.15, -0.1) is 0 Å². The molecule has 2 saturated heterocycles. The number of hydrogen-bond acceptors (Lipinski definition) is 6. The summed E-state index contributed by atoms with van der Waals surface area (Å²) in [7, 11) is 0. The van der Waals surface area contributed by atoms with Gasteiger partial charge in [-0.25, -0.2) is 0 Å². The highest BCUT2D eigenvalue weighted by Crippen LogP contribution is 2.26. The Kier molecular flexibility index (Phi) is 6.24. The average Bonchev–Trinajstić information content (AvgIpc) is 3.18. The Hall–Kier alpha value is -2.32. The van der Waals surface area contributed by atoms with Crippen LogP contribution in [0.15, 0.2) is 53.6 Å². The van der Waals surface area contributed by atoms with Crippen molar-refractivity contribution in [2.24, 2.45) is 5.10 Å². The molecule has 2 fully saturated rings. The highest BCUT2D eigenvalue weighted by Gasteiger charge is 2.39. The maximum atomic E-state index is 12.6. The highest BCUT2D eigenvalue weighted by molar-refractivity contribution is 6.31. The van der Waals surface area contributed by atoms with E-state index < -0.39 is 0 Å². The smallest absolute Gasteiger partial charge is 0.237 e. The molecule has 5 rings (SSSR count). The molecule has 3 aliphatic rings. The average molecular weight is 472 g/mol. The number of ether oxygens (including phenoxy) is 1. The number of nitrogens with zero attached hydrogens (tertiary/aromatic N) is 4. The summed E-state index contributed by atoms with van der Waals surface area (Å²) < 4.78 is 5.97. The van der Waals surface area contributed by atoms with Crippen molar-refractivity contribution < 1.29 is 9.53 Å². The molecule has 166 valence electrons. The van der Waals surface area contributed by atoms with Crippen LogP contribution in [-0.2, 0) is 4.79 Å². The first-order valence-electron chi connectivity index (χ1n) is 10.6. The van der Waals surface area contributed by atoms with Crippen molar-refractivity contribution in [1.82, 2.24) is 20.1 Å². The van der Waals surface area contributed by atoms with Crippen LogP contribution < -0.4 is 10.1 Å². The molecule has 7 nitrogen and oxygen atoms in total. The number of nitrogens with one attached hydrogen (secondary N) is 1. The number of piperazine rings is 1. The molecule has 1 amide bonds. The van der Waals surface area contributed by atoms with E-state index in [1.165, 1.54) is 0 Å². The minimum absolute atomic E-state index is 0.0881. The summed E-state index contributed by atoms with van der Waals surface area (Å²) in [6.07, 6.45) is 0.0940.